The summed E-state index contributed by atoms with van der Waals surface area (Å²) in [6, 6.07) is 6.62. The molecule has 0 radical (unpaired) electrons. The minimum atomic E-state index is -0.288. The first kappa shape index (κ1) is 16.5. The number of hydrogen-bond donors (Lipinski definition) is 0. The van der Waals surface area contributed by atoms with Crippen molar-refractivity contribution >= 4 is 12.6 Å². The van der Waals surface area contributed by atoms with Crippen LogP contribution in [0.25, 0.3) is 0 Å². The number of rotatable bonds is 3. The smallest absolute Gasteiger partial charge is 0.399 e. The van der Waals surface area contributed by atoms with E-state index in [1.54, 1.807) is 0 Å². The minimum absolute atomic E-state index is 0.273. The summed E-state index contributed by atoms with van der Waals surface area (Å²) in [7, 11) is -0.273. The van der Waals surface area contributed by atoms with Gasteiger partial charge in [-0.2, -0.15) is 0 Å². The van der Waals surface area contributed by atoms with E-state index < -0.39 is 0 Å². The molecule has 0 N–H and O–H groups in total. The molecule has 1 heterocycles. The van der Waals surface area contributed by atoms with E-state index in [9.17, 15) is 0 Å². The molecule has 1 aromatic carbocycles. The van der Waals surface area contributed by atoms with Crippen LogP contribution in [0.2, 0.25) is 0 Å². The predicted molar refractivity (Wildman–Crippen MR) is 97.0 cm³/mol. The van der Waals surface area contributed by atoms with Crippen LogP contribution in [-0.4, -0.2) is 18.3 Å². The zero-order valence-corrected chi connectivity index (χ0v) is 14.9. The molecule has 3 heteroatoms. The van der Waals surface area contributed by atoms with Crippen molar-refractivity contribution in [2.45, 2.75) is 58.7 Å². The third kappa shape index (κ3) is 3.31. The quantitative estimate of drug-likeness (QED) is 0.787. The molecule has 23 heavy (non-hydrogen) atoms. The molecule has 0 saturated carbocycles. The second kappa shape index (κ2) is 5.96. The first-order valence-corrected chi connectivity index (χ1v) is 8.57. The van der Waals surface area contributed by atoms with Gasteiger partial charge < -0.3 is 9.31 Å². The average Bonchev–Trinajstić information content (AvgIpc) is 2.71. The van der Waals surface area contributed by atoms with Gasteiger partial charge in [0.25, 0.3) is 0 Å². The van der Waals surface area contributed by atoms with Crippen LogP contribution in [0.3, 0.4) is 0 Å². The van der Waals surface area contributed by atoms with Crippen molar-refractivity contribution in [2.75, 3.05) is 0 Å². The summed E-state index contributed by atoms with van der Waals surface area (Å²) < 4.78 is 12.3. The molecule has 1 fully saturated rings. The minimum Gasteiger partial charge on any atom is -0.399 e. The predicted octanol–water partition coefficient (Wildman–Crippen LogP) is 3.97. The maximum atomic E-state index is 6.15. The first-order valence-electron chi connectivity index (χ1n) is 8.57. The maximum absolute atomic E-state index is 6.15. The lowest BCUT2D eigenvalue weighted by Crippen LogP contribution is -2.41. The molecule has 0 bridgehead atoms. The Bertz CT molecular complexity index is 627. The lowest BCUT2D eigenvalue weighted by atomic mass is 9.77. The lowest BCUT2D eigenvalue weighted by molar-refractivity contribution is 0.00578. The fraction of sp³-hybridized carbons (Fsp3) is 0.500. The summed E-state index contributed by atoms with van der Waals surface area (Å²) in [6.45, 7) is 10.6. The molecule has 2 aliphatic rings. The Balaban J connectivity index is 1.75. The van der Waals surface area contributed by atoms with E-state index in [4.69, 9.17) is 9.31 Å². The van der Waals surface area contributed by atoms with Gasteiger partial charge in [0.05, 0.1) is 11.2 Å². The van der Waals surface area contributed by atoms with Gasteiger partial charge in [0.1, 0.15) is 0 Å². The molecule has 0 amide bonds. The van der Waals surface area contributed by atoms with Gasteiger partial charge in [-0.05, 0) is 70.0 Å². The number of allylic oxidation sites excluding steroid dienone is 4. The SMILES string of the molecule is Cc1cc(B2OC(C)(C)C(C)(C)O2)ccc1CC1C=CC=CC1. The van der Waals surface area contributed by atoms with Gasteiger partial charge in [0.15, 0.2) is 0 Å². The third-order valence-corrected chi connectivity index (χ3v) is 5.44. The molecule has 122 valence electrons. The van der Waals surface area contributed by atoms with Gasteiger partial charge in [-0.15, -0.1) is 0 Å². The number of benzene rings is 1. The van der Waals surface area contributed by atoms with E-state index in [0.717, 1.165) is 18.3 Å². The highest BCUT2D eigenvalue weighted by molar-refractivity contribution is 6.62. The van der Waals surface area contributed by atoms with Gasteiger partial charge in [-0.3, -0.25) is 0 Å². The second-order valence-electron chi connectivity index (χ2n) is 7.79. The monoisotopic (exact) mass is 310 g/mol. The van der Waals surface area contributed by atoms with Gasteiger partial charge >= 0.3 is 7.12 Å². The summed E-state index contributed by atoms with van der Waals surface area (Å²) in [4.78, 5) is 0. The summed E-state index contributed by atoms with van der Waals surface area (Å²) >= 11 is 0. The van der Waals surface area contributed by atoms with Crippen LogP contribution in [0.15, 0.2) is 42.5 Å². The van der Waals surface area contributed by atoms with Gasteiger partial charge in [0, 0.05) is 0 Å². The van der Waals surface area contributed by atoms with E-state index in [2.05, 4.69) is 77.1 Å². The summed E-state index contributed by atoms with van der Waals surface area (Å²) in [5.74, 6) is 0.612. The van der Waals surface area contributed by atoms with E-state index >= 15 is 0 Å². The fourth-order valence-corrected chi connectivity index (χ4v) is 3.14. The Hall–Kier alpha value is -1.32. The average molecular weight is 310 g/mol. The standard InChI is InChI=1S/C20H27BO2/c1-15-13-18(21-22-19(2,3)20(4,5)23-21)12-11-17(15)14-16-9-7-6-8-10-16/h6-9,11-13,16H,10,14H2,1-5H3. The highest BCUT2D eigenvalue weighted by atomic mass is 16.7. The van der Waals surface area contributed by atoms with Crippen molar-refractivity contribution in [1.82, 2.24) is 0 Å². The lowest BCUT2D eigenvalue weighted by Gasteiger charge is -2.32. The highest BCUT2D eigenvalue weighted by Crippen LogP contribution is 2.36. The second-order valence-corrected chi connectivity index (χ2v) is 7.79. The molecular formula is C20H27BO2. The third-order valence-electron chi connectivity index (χ3n) is 5.44. The zero-order valence-electron chi connectivity index (χ0n) is 14.9. The Morgan fingerprint density at radius 3 is 2.35 bits per heavy atom. The fourth-order valence-electron chi connectivity index (χ4n) is 3.14. The van der Waals surface area contributed by atoms with E-state index in [1.807, 2.05) is 0 Å². The van der Waals surface area contributed by atoms with Crippen molar-refractivity contribution < 1.29 is 9.31 Å². The van der Waals surface area contributed by atoms with Crippen molar-refractivity contribution in [3.8, 4) is 0 Å². The topological polar surface area (TPSA) is 18.5 Å². The van der Waals surface area contributed by atoms with Gasteiger partial charge in [0.2, 0.25) is 0 Å². The zero-order chi connectivity index (χ0) is 16.7. The van der Waals surface area contributed by atoms with E-state index in [0.29, 0.717) is 5.92 Å². The summed E-state index contributed by atoms with van der Waals surface area (Å²) in [5, 5.41) is 0. The van der Waals surface area contributed by atoms with Crippen LogP contribution in [0.5, 0.6) is 0 Å². The number of hydrogen-bond acceptors (Lipinski definition) is 2. The molecule has 1 aliphatic heterocycles. The van der Waals surface area contributed by atoms with E-state index in [-0.39, 0.29) is 18.3 Å². The van der Waals surface area contributed by atoms with Crippen LogP contribution in [0, 0.1) is 12.8 Å². The molecule has 0 spiro atoms. The Kier molecular flexibility index (Phi) is 4.28. The van der Waals surface area contributed by atoms with Crippen LogP contribution in [-0.2, 0) is 15.7 Å². The first-order chi connectivity index (χ1) is 10.8. The van der Waals surface area contributed by atoms with Crippen LogP contribution in [0.4, 0.5) is 0 Å². The Labute approximate surface area is 140 Å². The molecular weight excluding hydrogens is 283 g/mol. The maximum Gasteiger partial charge on any atom is 0.494 e. The van der Waals surface area contributed by atoms with E-state index in [1.165, 1.54) is 11.1 Å². The molecule has 1 aromatic rings. The van der Waals surface area contributed by atoms with Crippen molar-refractivity contribution in [3.63, 3.8) is 0 Å². The van der Waals surface area contributed by atoms with Crippen molar-refractivity contribution in [3.05, 3.63) is 53.6 Å². The molecule has 1 aliphatic carbocycles. The Morgan fingerprint density at radius 2 is 1.78 bits per heavy atom. The molecule has 2 nitrogen and oxygen atoms in total. The Morgan fingerprint density at radius 1 is 1.09 bits per heavy atom. The summed E-state index contributed by atoms with van der Waals surface area (Å²) in [5.41, 5.74) is 3.27. The van der Waals surface area contributed by atoms with Crippen LogP contribution >= 0.6 is 0 Å². The number of aryl methyl sites for hydroxylation is 1. The van der Waals surface area contributed by atoms with Crippen LogP contribution in [0.1, 0.15) is 45.2 Å². The molecule has 1 atom stereocenters. The summed E-state index contributed by atoms with van der Waals surface area (Å²) in [6.07, 6.45) is 11.1. The van der Waals surface area contributed by atoms with Crippen molar-refractivity contribution in [2.24, 2.45) is 5.92 Å². The molecule has 0 aromatic heterocycles. The van der Waals surface area contributed by atoms with Gasteiger partial charge in [-0.25, -0.2) is 0 Å². The highest BCUT2D eigenvalue weighted by Gasteiger charge is 2.51. The van der Waals surface area contributed by atoms with Gasteiger partial charge in [-0.1, -0.05) is 42.5 Å². The van der Waals surface area contributed by atoms with Crippen LogP contribution < -0.4 is 5.46 Å². The normalized spacial score (nSPS) is 25.1. The molecule has 3 rings (SSSR count). The van der Waals surface area contributed by atoms with Crippen molar-refractivity contribution in [1.29, 1.82) is 0 Å². The largest absolute Gasteiger partial charge is 0.494 e. The molecule has 1 saturated heterocycles. The molecule has 1 unspecified atom stereocenters.